The Morgan fingerprint density at radius 3 is 1.26 bits per heavy atom. The summed E-state index contributed by atoms with van der Waals surface area (Å²) in [5.41, 5.74) is -2.17. The van der Waals surface area contributed by atoms with Crippen molar-refractivity contribution in [2.45, 2.75) is 31.3 Å². The van der Waals surface area contributed by atoms with E-state index in [2.05, 4.69) is 39.5 Å². The van der Waals surface area contributed by atoms with Crippen molar-refractivity contribution in [1.82, 2.24) is 9.80 Å². The molecular weight excluding hydrogens is 392 g/mol. The molecule has 6 heteroatoms. The number of hydrogen-bond donors (Lipinski definition) is 1. The molecule has 0 aliphatic carbocycles. The van der Waals surface area contributed by atoms with Crippen LogP contribution in [0.25, 0.3) is 0 Å². The van der Waals surface area contributed by atoms with Gasteiger partial charge in [-0.2, -0.15) is 0 Å². The Morgan fingerprint density at radius 1 is 0.677 bits per heavy atom. The van der Waals surface area contributed by atoms with Crippen LogP contribution in [0.15, 0.2) is 75.9 Å². The maximum Gasteiger partial charge on any atom is 0.226 e. The highest BCUT2D eigenvalue weighted by Crippen LogP contribution is 2.27. The third-order valence-corrected chi connectivity index (χ3v) is 4.72. The van der Waals surface area contributed by atoms with Gasteiger partial charge in [-0.25, -0.2) is 0 Å². The first-order valence-electron chi connectivity index (χ1n) is 10.2. The number of nitrogens with zero attached hydrogens (tertiary/aromatic N) is 2. The van der Waals surface area contributed by atoms with Gasteiger partial charge in [0.2, 0.25) is 11.8 Å². The lowest BCUT2D eigenvalue weighted by Gasteiger charge is -2.33. The molecule has 0 unspecified atom stereocenters. The zero-order valence-corrected chi connectivity index (χ0v) is 18.5. The van der Waals surface area contributed by atoms with E-state index < -0.39 is 42.0 Å². The molecule has 0 spiro atoms. The second kappa shape index (κ2) is 14.9. The predicted octanol–water partition coefficient (Wildman–Crippen LogP) is 3.24. The SMILES string of the molecule is C=CCC(CC=C)C(=O)C(O)(CC(=O)N(CC=C)CC=C)CC(=O)N(CC=C)CC=C. The molecule has 2 amide bonds. The lowest BCUT2D eigenvalue weighted by Crippen LogP contribution is -2.50. The van der Waals surface area contributed by atoms with Gasteiger partial charge in [-0.3, -0.25) is 14.4 Å². The molecule has 0 aliphatic heterocycles. The summed E-state index contributed by atoms with van der Waals surface area (Å²) in [4.78, 5) is 41.9. The van der Waals surface area contributed by atoms with Gasteiger partial charge in [0, 0.05) is 32.1 Å². The minimum absolute atomic E-state index is 0.227. The van der Waals surface area contributed by atoms with Crippen molar-refractivity contribution in [3.8, 4) is 0 Å². The molecule has 0 aromatic rings. The molecule has 0 aromatic heterocycles. The van der Waals surface area contributed by atoms with Crippen LogP contribution < -0.4 is 0 Å². The lowest BCUT2D eigenvalue weighted by molar-refractivity contribution is -0.155. The van der Waals surface area contributed by atoms with E-state index in [4.69, 9.17) is 0 Å². The Bertz CT molecular complexity index is 628. The van der Waals surface area contributed by atoms with Crippen molar-refractivity contribution in [1.29, 1.82) is 0 Å². The van der Waals surface area contributed by atoms with Crippen molar-refractivity contribution >= 4 is 17.6 Å². The summed E-state index contributed by atoms with van der Waals surface area (Å²) in [6.45, 7) is 22.7. The van der Waals surface area contributed by atoms with Crippen LogP contribution >= 0.6 is 0 Å². The van der Waals surface area contributed by atoms with Crippen LogP contribution in [-0.4, -0.2) is 64.3 Å². The fourth-order valence-electron chi connectivity index (χ4n) is 3.23. The van der Waals surface area contributed by atoms with E-state index in [-0.39, 0.29) is 26.2 Å². The molecule has 0 aromatic carbocycles. The van der Waals surface area contributed by atoms with Gasteiger partial charge in [0.25, 0.3) is 0 Å². The number of carbonyl (C=O) groups excluding carboxylic acids is 3. The summed E-state index contributed by atoms with van der Waals surface area (Å²) in [5, 5.41) is 11.4. The molecule has 0 heterocycles. The minimum Gasteiger partial charge on any atom is -0.381 e. The number of allylic oxidation sites excluding steroid dienone is 2. The number of amides is 2. The van der Waals surface area contributed by atoms with Gasteiger partial charge < -0.3 is 14.9 Å². The van der Waals surface area contributed by atoms with E-state index >= 15 is 0 Å². The van der Waals surface area contributed by atoms with E-state index in [9.17, 15) is 19.5 Å². The highest BCUT2D eigenvalue weighted by Gasteiger charge is 2.44. The first-order valence-corrected chi connectivity index (χ1v) is 10.2. The average Bonchev–Trinajstić information content (AvgIpc) is 2.72. The second-order valence-corrected chi connectivity index (χ2v) is 7.25. The number of hydrogen-bond acceptors (Lipinski definition) is 4. The largest absolute Gasteiger partial charge is 0.381 e. The quantitative estimate of drug-likeness (QED) is 0.340. The molecule has 31 heavy (non-hydrogen) atoms. The Labute approximate surface area is 186 Å². The van der Waals surface area contributed by atoms with Gasteiger partial charge in [-0.05, 0) is 12.8 Å². The average molecular weight is 429 g/mol. The number of carbonyl (C=O) groups is 3. The molecule has 0 radical (unpaired) electrons. The van der Waals surface area contributed by atoms with Crippen LogP contribution in [0.2, 0.25) is 0 Å². The predicted molar refractivity (Wildman–Crippen MR) is 126 cm³/mol. The van der Waals surface area contributed by atoms with Gasteiger partial charge in [0.05, 0.1) is 12.8 Å². The first-order chi connectivity index (χ1) is 14.7. The van der Waals surface area contributed by atoms with Crippen molar-refractivity contribution in [2.24, 2.45) is 5.92 Å². The Hall–Kier alpha value is -2.99. The number of rotatable bonds is 18. The topological polar surface area (TPSA) is 77.9 Å². The van der Waals surface area contributed by atoms with Gasteiger partial charge in [-0.15, -0.1) is 39.5 Å². The molecule has 1 N–H and O–H groups in total. The molecule has 0 saturated heterocycles. The summed E-state index contributed by atoms with van der Waals surface area (Å²) in [6, 6.07) is 0. The summed E-state index contributed by atoms with van der Waals surface area (Å²) < 4.78 is 0. The maximum absolute atomic E-state index is 13.3. The second-order valence-electron chi connectivity index (χ2n) is 7.25. The first kappa shape index (κ1) is 28.0. The minimum atomic E-state index is -2.17. The lowest BCUT2D eigenvalue weighted by atomic mass is 9.80. The van der Waals surface area contributed by atoms with Crippen molar-refractivity contribution in [2.75, 3.05) is 26.2 Å². The monoisotopic (exact) mass is 428 g/mol. The van der Waals surface area contributed by atoms with Crippen LogP contribution in [0, 0.1) is 5.92 Å². The molecule has 0 saturated carbocycles. The van der Waals surface area contributed by atoms with E-state index in [1.807, 2.05) is 0 Å². The smallest absolute Gasteiger partial charge is 0.226 e. The standard InChI is InChI=1S/C25H36N2O4/c1-7-13-21(14-8-2)24(30)25(31,19-22(28)26(15-9-3)16-10-4)20-23(29)27(17-11-5)18-12-6/h7-12,21,31H,1-6,13-20H2. The highest BCUT2D eigenvalue weighted by atomic mass is 16.3. The summed E-state index contributed by atoms with van der Waals surface area (Å²) >= 11 is 0. The third-order valence-electron chi connectivity index (χ3n) is 4.72. The van der Waals surface area contributed by atoms with E-state index in [1.54, 1.807) is 36.5 Å². The molecular formula is C25H36N2O4. The highest BCUT2D eigenvalue weighted by molar-refractivity contribution is 5.97. The summed E-state index contributed by atoms with van der Waals surface area (Å²) in [6.07, 6.45) is 8.84. The normalized spacial score (nSPS) is 10.6. The van der Waals surface area contributed by atoms with Crippen LogP contribution in [0.4, 0.5) is 0 Å². The number of aliphatic hydroxyl groups is 1. The van der Waals surface area contributed by atoms with E-state index in [1.165, 1.54) is 9.80 Å². The molecule has 0 rings (SSSR count). The molecule has 0 fully saturated rings. The maximum atomic E-state index is 13.3. The fourth-order valence-corrected chi connectivity index (χ4v) is 3.23. The molecule has 0 bridgehead atoms. The van der Waals surface area contributed by atoms with Gasteiger partial charge in [0.15, 0.2) is 5.78 Å². The molecule has 0 aliphatic rings. The molecule has 170 valence electrons. The molecule has 0 atom stereocenters. The number of Topliss-reactive ketones (excluding diaryl/α,β-unsaturated/α-hetero) is 1. The van der Waals surface area contributed by atoms with Crippen LogP contribution in [-0.2, 0) is 14.4 Å². The fraction of sp³-hybridized carbons (Fsp3) is 0.400. The third kappa shape index (κ3) is 9.13. The van der Waals surface area contributed by atoms with Gasteiger partial charge in [0.1, 0.15) is 5.60 Å². The Balaban J connectivity index is 6.04. The zero-order valence-electron chi connectivity index (χ0n) is 18.5. The van der Waals surface area contributed by atoms with Crippen molar-refractivity contribution in [3.63, 3.8) is 0 Å². The van der Waals surface area contributed by atoms with Gasteiger partial charge >= 0.3 is 0 Å². The van der Waals surface area contributed by atoms with Crippen molar-refractivity contribution < 1.29 is 19.5 Å². The van der Waals surface area contributed by atoms with Crippen LogP contribution in [0.5, 0.6) is 0 Å². The zero-order chi connectivity index (χ0) is 23.9. The van der Waals surface area contributed by atoms with E-state index in [0.29, 0.717) is 12.8 Å². The Kier molecular flexibility index (Phi) is 13.5. The van der Waals surface area contributed by atoms with Crippen LogP contribution in [0.1, 0.15) is 25.7 Å². The van der Waals surface area contributed by atoms with Crippen molar-refractivity contribution in [3.05, 3.63) is 75.9 Å². The Morgan fingerprint density at radius 2 is 1.00 bits per heavy atom. The van der Waals surface area contributed by atoms with Gasteiger partial charge in [-0.1, -0.05) is 36.5 Å². The van der Waals surface area contributed by atoms with E-state index in [0.717, 1.165) is 0 Å². The van der Waals surface area contributed by atoms with Crippen LogP contribution in [0.3, 0.4) is 0 Å². The molecule has 6 nitrogen and oxygen atoms in total. The number of ketones is 1. The summed E-state index contributed by atoms with van der Waals surface area (Å²) in [5.74, 6) is -2.17. The summed E-state index contributed by atoms with van der Waals surface area (Å²) in [7, 11) is 0.